The summed E-state index contributed by atoms with van der Waals surface area (Å²) in [6.07, 6.45) is 11.0. The van der Waals surface area contributed by atoms with E-state index in [0.29, 0.717) is 43.1 Å². The van der Waals surface area contributed by atoms with Gasteiger partial charge < -0.3 is 14.8 Å². The minimum Gasteiger partial charge on any atom is -0.491 e. The fourth-order valence-electron chi connectivity index (χ4n) is 3.88. The lowest BCUT2D eigenvalue weighted by Gasteiger charge is -2.14. The molecule has 0 fully saturated rings. The van der Waals surface area contributed by atoms with Gasteiger partial charge in [-0.25, -0.2) is 15.4 Å². The molecule has 0 aliphatic heterocycles. The van der Waals surface area contributed by atoms with Gasteiger partial charge in [-0.2, -0.15) is 0 Å². The number of fused-ring (bicyclic) bond motifs is 1. The van der Waals surface area contributed by atoms with Crippen molar-refractivity contribution in [1.29, 1.82) is 0 Å². The van der Waals surface area contributed by atoms with Crippen LogP contribution in [-0.4, -0.2) is 47.2 Å². The quantitative estimate of drug-likeness (QED) is 0.121. The molecule has 0 spiro atoms. The second kappa shape index (κ2) is 14.5. The molecule has 0 atom stereocenters. The Kier molecular flexibility index (Phi) is 10.8. The standard InChI is InChI=1S/C28H32N4O5/c1-3-20-9-8-10-22(15-20)31-28-24-17-21(16-23(33)11-6-4-5-7-12-27(34)32-35)26(37-14-13-36-2)18-25(24)29-19-30-28/h1,8-10,15,17-19,35H,4-7,11-14,16H2,2H3,(H,32,34)(H,29,30,31). The van der Waals surface area contributed by atoms with Crippen molar-refractivity contribution in [1.82, 2.24) is 15.4 Å². The van der Waals surface area contributed by atoms with Crippen LogP contribution in [0.5, 0.6) is 5.75 Å². The highest BCUT2D eigenvalue weighted by atomic mass is 16.5. The molecule has 2 aromatic carbocycles. The Balaban J connectivity index is 1.75. The van der Waals surface area contributed by atoms with Crippen LogP contribution in [0.4, 0.5) is 11.5 Å². The molecule has 1 aromatic heterocycles. The third-order valence-corrected chi connectivity index (χ3v) is 5.78. The minimum atomic E-state index is -0.394. The maximum atomic E-state index is 12.8. The first-order valence-corrected chi connectivity index (χ1v) is 12.2. The van der Waals surface area contributed by atoms with Gasteiger partial charge in [-0.3, -0.25) is 14.8 Å². The smallest absolute Gasteiger partial charge is 0.243 e. The van der Waals surface area contributed by atoms with Gasteiger partial charge in [-0.1, -0.05) is 24.8 Å². The number of unbranched alkanes of at least 4 members (excludes halogenated alkanes) is 3. The number of amides is 1. The lowest BCUT2D eigenvalue weighted by Crippen LogP contribution is -2.17. The van der Waals surface area contributed by atoms with Crippen molar-refractivity contribution in [3.05, 3.63) is 53.9 Å². The summed E-state index contributed by atoms with van der Waals surface area (Å²) in [5.41, 5.74) is 4.61. The van der Waals surface area contributed by atoms with E-state index in [2.05, 4.69) is 21.2 Å². The summed E-state index contributed by atoms with van der Waals surface area (Å²) < 4.78 is 11.0. The van der Waals surface area contributed by atoms with Crippen LogP contribution in [0.1, 0.15) is 49.7 Å². The van der Waals surface area contributed by atoms with E-state index < -0.39 is 5.91 Å². The van der Waals surface area contributed by atoms with Crippen LogP contribution >= 0.6 is 0 Å². The number of Topliss-reactive ketones (excluding diaryl/α,β-unsaturated/α-hetero) is 1. The number of anilines is 2. The molecule has 3 aromatic rings. The summed E-state index contributed by atoms with van der Waals surface area (Å²) in [6, 6.07) is 11.2. The number of nitrogens with zero attached hydrogens (tertiary/aromatic N) is 2. The number of benzene rings is 2. The first-order chi connectivity index (χ1) is 18.0. The van der Waals surface area contributed by atoms with Gasteiger partial charge in [0.05, 0.1) is 12.1 Å². The molecule has 9 heteroatoms. The van der Waals surface area contributed by atoms with Crippen LogP contribution in [-0.2, 0) is 20.7 Å². The van der Waals surface area contributed by atoms with Gasteiger partial charge in [-0.15, -0.1) is 6.42 Å². The first kappa shape index (κ1) is 27.6. The van der Waals surface area contributed by atoms with Crippen LogP contribution in [0, 0.1) is 12.3 Å². The van der Waals surface area contributed by atoms with E-state index in [-0.39, 0.29) is 18.6 Å². The van der Waals surface area contributed by atoms with Crippen molar-refractivity contribution in [2.45, 2.75) is 44.9 Å². The molecule has 0 radical (unpaired) electrons. The highest BCUT2D eigenvalue weighted by molar-refractivity contribution is 5.93. The highest BCUT2D eigenvalue weighted by Crippen LogP contribution is 2.31. The Hall–Kier alpha value is -4.00. The summed E-state index contributed by atoms with van der Waals surface area (Å²) in [4.78, 5) is 32.7. The summed E-state index contributed by atoms with van der Waals surface area (Å²) in [5.74, 6) is 3.51. The van der Waals surface area contributed by atoms with Gasteiger partial charge in [0.2, 0.25) is 5.91 Å². The fourth-order valence-corrected chi connectivity index (χ4v) is 3.88. The monoisotopic (exact) mass is 504 g/mol. The minimum absolute atomic E-state index is 0.0946. The number of carbonyl (C=O) groups excluding carboxylic acids is 2. The van der Waals surface area contributed by atoms with Gasteiger partial charge >= 0.3 is 0 Å². The van der Waals surface area contributed by atoms with Crippen molar-refractivity contribution < 1.29 is 24.3 Å². The summed E-state index contributed by atoms with van der Waals surface area (Å²) >= 11 is 0. The lowest BCUT2D eigenvalue weighted by atomic mass is 10.0. The number of nitrogens with one attached hydrogen (secondary N) is 2. The van der Waals surface area contributed by atoms with Crippen molar-refractivity contribution in [3.8, 4) is 18.1 Å². The lowest BCUT2D eigenvalue weighted by molar-refractivity contribution is -0.129. The van der Waals surface area contributed by atoms with Gasteiger partial charge in [0.1, 0.15) is 30.3 Å². The van der Waals surface area contributed by atoms with E-state index in [1.165, 1.54) is 6.33 Å². The normalized spacial score (nSPS) is 10.6. The molecule has 0 unspecified atom stereocenters. The van der Waals surface area contributed by atoms with Gasteiger partial charge in [0.15, 0.2) is 0 Å². The maximum Gasteiger partial charge on any atom is 0.243 e. The van der Waals surface area contributed by atoms with Crippen LogP contribution in [0.2, 0.25) is 0 Å². The summed E-state index contributed by atoms with van der Waals surface area (Å²) in [7, 11) is 1.60. The first-order valence-electron chi connectivity index (χ1n) is 12.2. The van der Waals surface area contributed by atoms with Crippen LogP contribution in [0.15, 0.2) is 42.7 Å². The summed E-state index contributed by atoms with van der Waals surface area (Å²) in [6.45, 7) is 0.765. The molecular weight excluding hydrogens is 472 g/mol. The number of hydroxylamine groups is 1. The number of hydrogen-bond acceptors (Lipinski definition) is 8. The largest absolute Gasteiger partial charge is 0.491 e. The second-order valence-corrected chi connectivity index (χ2v) is 8.56. The number of aromatic nitrogens is 2. The Morgan fingerprint density at radius 2 is 1.86 bits per heavy atom. The van der Waals surface area contributed by atoms with Crippen LogP contribution < -0.4 is 15.5 Å². The zero-order chi connectivity index (χ0) is 26.5. The zero-order valence-corrected chi connectivity index (χ0v) is 21.0. The van der Waals surface area contributed by atoms with Gasteiger partial charge in [-0.05, 0) is 37.1 Å². The van der Waals surface area contributed by atoms with E-state index >= 15 is 0 Å². The third-order valence-electron chi connectivity index (χ3n) is 5.78. The fraction of sp³-hybridized carbons (Fsp3) is 0.357. The molecule has 0 saturated carbocycles. The molecule has 0 aliphatic carbocycles. The van der Waals surface area contributed by atoms with E-state index in [1.54, 1.807) is 12.6 Å². The maximum absolute atomic E-state index is 12.8. The summed E-state index contributed by atoms with van der Waals surface area (Å²) in [5, 5.41) is 12.6. The van der Waals surface area contributed by atoms with Gasteiger partial charge in [0, 0.05) is 54.6 Å². The predicted octanol–water partition coefficient (Wildman–Crippen LogP) is 4.34. The van der Waals surface area contributed by atoms with Crippen molar-refractivity contribution in [2.24, 2.45) is 0 Å². The van der Waals surface area contributed by atoms with Crippen LogP contribution in [0.3, 0.4) is 0 Å². The molecule has 0 aliphatic rings. The third kappa shape index (κ3) is 8.56. The van der Waals surface area contributed by atoms with Crippen molar-refractivity contribution >= 4 is 34.1 Å². The number of methoxy groups -OCH3 is 1. The van der Waals surface area contributed by atoms with E-state index in [0.717, 1.165) is 41.5 Å². The number of terminal acetylenes is 1. The molecular formula is C28H32N4O5. The predicted molar refractivity (Wildman–Crippen MR) is 141 cm³/mol. The zero-order valence-electron chi connectivity index (χ0n) is 21.0. The topological polar surface area (TPSA) is 123 Å². The van der Waals surface area contributed by atoms with E-state index in [1.807, 2.05) is 36.4 Å². The Morgan fingerprint density at radius 3 is 2.62 bits per heavy atom. The number of hydrogen-bond donors (Lipinski definition) is 3. The molecule has 3 rings (SSSR count). The average Bonchev–Trinajstić information content (AvgIpc) is 2.91. The molecule has 1 heterocycles. The number of carbonyl (C=O) groups is 2. The number of rotatable bonds is 15. The number of ketones is 1. The van der Waals surface area contributed by atoms with E-state index in [9.17, 15) is 9.59 Å². The second-order valence-electron chi connectivity index (χ2n) is 8.56. The molecule has 0 bridgehead atoms. The Labute approximate surface area is 216 Å². The van der Waals surface area contributed by atoms with Crippen molar-refractivity contribution in [2.75, 3.05) is 25.6 Å². The van der Waals surface area contributed by atoms with Crippen molar-refractivity contribution in [3.63, 3.8) is 0 Å². The molecule has 0 saturated heterocycles. The van der Waals surface area contributed by atoms with Crippen LogP contribution in [0.25, 0.3) is 10.9 Å². The highest BCUT2D eigenvalue weighted by Gasteiger charge is 2.15. The number of ether oxygens (including phenoxy) is 2. The van der Waals surface area contributed by atoms with Gasteiger partial charge in [0.25, 0.3) is 0 Å². The molecule has 37 heavy (non-hydrogen) atoms. The molecule has 9 nitrogen and oxygen atoms in total. The SMILES string of the molecule is C#Cc1cccc(Nc2ncnc3cc(OCCOC)c(CC(=O)CCCCCCC(=O)NO)cc23)c1. The Bertz CT molecular complexity index is 1260. The molecule has 3 N–H and O–H groups in total. The van der Waals surface area contributed by atoms with E-state index in [4.69, 9.17) is 21.1 Å². The molecule has 194 valence electrons. The average molecular weight is 505 g/mol. The Morgan fingerprint density at radius 1 is 1.05 bits per heavy atom. The molecule has 1 amide bonds.